The van der Waals surface area contributed by atoms with Gasteiger partial charge in [0, 0.05) is 12.7 Å². The first-order valence-corrected chi connectivity index (χ1v) is 6.27. The molecule has 0 aliphatic heterocycles. The largest absolute Gasteiger partial charge is 0.464 e. The quantitative estimate of drug-likeness (QED) is 0.870. The van der Waals surface area contributed by atoms with Gasteiger partial charge in [0.15, 0.2) is 0 Å². The Labute approximate surface area is 101 Å². The highest BCUT2D eigenvalue weighted by Crippen LogP contribution is 2.51. The van der Waals surface area contributed by atoms with Gasteiger partial charge in [-0.05, 0) is 36.3 Å². The molecular weight excluding hydrogens is 212 g/mol. The van der Waals surface area contributed by atoms with Crippen molar-refractivity contribution in [2.24, 2.45) is 11.3 Å². The van der Waals surface area contributed by atoms with Crippen LogP contribution in [0.15, 0.2) is 29.0 Å². The van der Waals surface area contributed by atoms with E-state index in [1.165, 1.54) is 12.8 Å². The summed E-state index contributed by atoms with van der Waals surface area (Å²) in [6, 6.07) is 3.87. The summed E-state index contributed by atoms with van der Waals surface area (Å²) in [5.74, 6) is 1.68. The third kappa shape index (κ3) is 1.79. The van der Waals surface area contributed by atoms with E-state index in [2.05, 4.69) is 24.1 Å². The molecule has 3 rings (SSSR count). The topological polar surface area (TPSA) is 38.1 Å². The van der Waals surface area contributed by atoms with Crippen LogP contribution in [0.1, 0.15) is 26.7 Å². The number of hydrogen-bond donors (Lipinski definition) is 1. The highest BCUT2D eigenvalue weighted by atomic mass is 16.3. The number of hydrogen-bond acceptors (Lipinski definition) is 3. The molecule has 0 spiro atoms. The Morgan fingerprint density at radius 2 is 2.24 bits per heavy atom. The molecule has 0 bridgehead atoms. The number of nitrogens with one attached hydrogen (secondary N) is 1. The van der Waals surface area contributed by atoms with E-state index in [9.17, 15) is 0 Å². The van der Waals surface area contributed by atoms with Gasteiger partial charge in [-0.1, -0.05) is 13.8 Å². The van der Waals surface area contributed by atoms with Crippen LogP contribution < -0.4 is 5.32 Å². The molecule has 3 heteroatoms. The summed E-state index contributed by atoms with van der Waals surface area (Å²) in [4.78, 5) is 4.40. The number of anilines is 1. The van der Waals surface area contributed by atoms with E-state index in [4.69, 9.17) is 4.42 Å². The Bertz CT molecular complexity index is 526. The van der Waals surface area contributed by atoms with Gasteiger partial charge in [-0.25, -0.2) is 4.98 Å². The summed E-state index contributed by atoms with van der Waals surface area (Å²) >= 11 is 0. The second-order valence-corrected chi connectivity index (χ2v) is 5.36. The first kappa shape index (κ1) is 10.6. The molecule has 1 N–H and O–H groups in total. The van der Waals surface area contributed by atoms with Crippen LogP contribution in [0.5, 0.6) is 0 Å². The SMILES string of the molecule is CC(C)C1(CNc2nccc3occc23)CC1. The summed E-state index contributed by atoms with van der Waals surface area (Å²) in [5.41, 5.74) is 1.39. The van der Waals surface area contributed by atoms with Crippen molar-refractivity contribution in [3.8, 4) is 0 Å². The lowest BCUT2D eigenvalue weighted by atomic mass is 9.92. The van der Waals surface area contributed by atoms with E-state index in [1.54, 1.807) is 12.5 Å². The minimum atomic E-state index is 0.494. The number of pyridine rings is 1. The van der Waals surface area contributed by atoms with Gasteiger partial charge in [0.05, 0.1) is 11.6 Å². The molecule has 17 heavy (non-hydrogen) atoms. The highest BCUT2D eigenvalue weighted by Gasteiger charge is 2.45. The van der Waals surface area contributed by atoms with Gasteiger partial charge in [-0.3, -0.25) is 0 Å². The van der Waals surface area contributed by atoms with Crippen molar-refractivity contribution in [1.29, 1.82) is 0 Å². The van der Waals surface area contributed by atoms with Crippen LogP contribution in [0.25, 0.3) is 11.0 Å². The number of furan rings is 1. The van der Waals surface area contributed by atoms with Crippen molar-refractivity contribution < 1.29 is 4.42 Å². The predicted molar refractivity (Wildman–Crippen MR) is 69.0 cm³/mol. The van der Waals surface area contributed by atoms with Crippen molar-refractivity contribution in [1.82, 2.24) is 4.98 Å². The van der Waals surface area contributed by atoms with Crippen molar-refractivity contribution in [3.63, 3.8) is 0 Å². The molecule has 0 atom stereocenters. The molecule has 0 aromatic carbocycles. The van der Waals surface area contributed by atoms with Crippen molar-refractivity contribution in [3.05, 3.63) is 24.6 Å². The average molecular weight is 230 g/mol. The van der Waals surface area contributed by atoms with E-state index in [-0.39, 0.29) is 0 Å². The molecule has 2 aromatic heterocycles. The van der Waals surface area contributed by atoms with Gasteiger partial charge >= 0.3 is 0 Å². The van der Waals surface area contributed by atoms with E-state index < -0.39 is 0 Å². The van der Waals surface area contributed by atoms with E-state index >= 15 is 0 Å². The Balaban J connectivity index is 1.79. The highest BCUT2D eigenvalue weighted by molar-refractivity contribution is 5.87. The third-order valence-corrected chi connectivity index (χ3v) is 4.10. The average Bonchev–Trinajstić information content (AvgIpc) is 2.96. The van der Waals surface area contributed by atoms with E-state index in [1.807, 2.05) is 12.1 Å². The van der Waals surface area contributed by atoms with E-state index in [0.717, 1.165) is 29.2 Å². The number of nitrogens with zero attached hydrogens (tertiary/aromatic N) is 1. The van der Waals surface area contributed by atoms with Gasteiger partial charge in [0.25, 0.3) is 0 Å². The van der Waals surface area contributed by atoms with Crippen LogP contribution in [0.4, 0.5) is 5.82 Å². The van der Waals surface area contributed by atoms with Crippen LogP contribution in [-0.4, -0.2) is 11.5 Å². The Hall–Kier alpha value is -1.51. The molecule has 1 aliphatic carbocycles. The maximum absolute atomic E-state index is 5.37. The Kier molecular flexibility index (Phi) is 2.35. The van der Waals surface area contributed by atoms with Crippen molar-refractivity contribution in [2.75, 3.05) is 11.9 Å². The molecule has 1 saturated carbocycles. The van der Waals surface area contributed by atoms with Crippen LogP contribution in [-0.2, 0) is 0 Å². The second-order valence-electron chi connectivity index (χ2n) is 5.36. The molecule has 0 radical (unpaired) electrons. The minimum Gasteiger partial charge on any atom is -0.464 e. The molecule has 2 heterocycles. The van der Waals surface area contributed by atoms with Crippen molar-refractivity contribution in [2.45, 2.75) is 26.7 Å². The molecule has 1 aliphatic rings. The van der Waals surface area contributed by atoms with Gasteiger partial charge in [0.1, 0.15) is 11.4 Å². The fourth-order valence-electron chi connectivity index (χ4n) is 2.41. The molecule has 3 nitrogen and oxygen atoms in total. The molecule has 0 amide bonds. The molecule has 1 fully saturated rings. The summed E-state index contributed by atoms with van der Waals surface area (Å²) < 4.78 is 5.37. The lowest BCUT2D eigenvalue weighted by molar-refractivity contribution is 0.380. The first-order valence-electron chi connectivity index (χ1n) is 6.27. The Morgan fingerprint density at radius 1 is 1.41 bits per heavy atom. The van der Waals surface area contributed by atoms with Crippen molar-refractivity contribution >= 4 is 16.8 Å². The zero-order chi connectivity index (χ0) is 11.9. The molecule has 2 aromatic rings. The summed E-state index contributed by atoms with van der Waals surface area (Å²) in [6.45, 7) is 5.63. The summed E-state index contributed by atoms with van der Waals surface area (Å²) in [5, 5.41) is 4.56. The number of rotatable bonds is 4. The van der Waals surface area contributed by atoms with Gasteiger partial charge in [-0.15, -0.1) is 0 Å². The molecule has 90 valence electrons. The van der Waals surface area contributed by atoms with Crippen LogP contribution in [0, 0.1) is 11.3 Å². The van der Waals surface area contributed by atoms with Gasteiger partial charge < -0.3 is 9.73 Å². The van der Waals surface area contributed by atoms with Gasteiger partial charge in [-0.2, -0.15) is 0 Å². The zero-order valence-corrected chi connectivity index (χ0v) is 10.4. The minimum absolute atomic E-state index is 0.494. The Morgan fingerprint density at radius 3 is 2.94 bits per heavy atom. The number of fused-ring (bicyclic) bond motifs is 1. The van der Waals surface area contributed by atoms with Crippen LogP contribution in [0.3, 0.4) is 0 Å². The smallest absolute Gasteiger partial charge is 0.139 e. The second kappa shape index (κ2) is 3.76. The standard InChI is InChI=1S/C14H18N2O/c1-10(2)14(5-6-14)9-16-13-11-4-8-17-12(11)3-7-15-13/h3-4,7-8,10H,5-6,9H2,1-2H3,(H,15,16). The maximum atomic E-state index is 5.37. The summed E-state index contributed by atoms with van der Waals surface area (Å²) in [7, 11) is 0. The maximum Gasteiger partial charge on any atom is 0.139 e. The fourth-order valence-corrected chi connectivity index (χ4v) is 2.41. The zero-order valence-electron chi connectivity index (χ0n) is 10.4. The predicted octanol–water partition coefficient (Wildman–Crippen LogP) is 3.68. The number of aromatic nitrogens is 1. The third-order valence-electron chi connectivity index (χ3n) is 4.10. The molecule has 0 saturated heterocycles. The normalized spacial score (nSPS) is 17.6. The molecule has 0 unspecified atom stereocenters. The lowest BCUT2D eigenvalue weighted by Gasteiger charge is -2.20. The van der Waals surface area contributed by atoms with Crippen LogP contribution in [0.2, 0.25) is 0 Å². The lowest BCUT2D eigenvalue weighted by Crippen LogP contribution is -2.21. The van der Waals surface area contributed by atoms with Gasteiger partial charge in [0.2, 0.25) is 0 Å². The summed E-state index contributed by atoms with van der Waals surface area (Å²) in [6.07, 6.45) is 6.17. The first-order chi connectivity index (χ1) is 8.21. The van der Waals surface area contributed by atoms with Crippen LogP contribution >= 0.6 is 0 Å². The monoisotopic (exact) mass is 230 g/mol. The molecular formula is C14H18N2O. The van der Waals surface area contributed by atoms with E-state index in [0.29, 0.717) is 5.41 Å². The fraction of sp³-hybridized carbons (Fsp3) is 0.500.